The molecule has 3 nitrogen and oxygen atoms in total. The first-order valence-electron chi connectivity index (χ1n) is 6.51. The van der Waals surface area contributed by atoms with Crippen LogP contribution in [0.5, 0.6) is 5.75 Å². The fourth-order valence-electron chi connectivity index (χ4n) is 2.87. The van der Waals surface area contributed by atoms with Crippen LogP contribution in [0.2, 0.25) is 0 Å². The molecule has 2 aromatic rings. The van der Waals surface area contributed by atoms with Gasteiger partial charge in [0.05, 0.1) is 13.2 Å². The summed E-state index contributed by atoms with van der Waals surface area (Å²) in [7, 11) is 1.68. The average molecular weight is 254 g/mol. The summed E-state index contributed by atoms with van der Waals surface area (Å²) in [6.07, 6.45) is 1.07. The molecule has 1 aliphatic rings. The van der Waals surface area contributed by atoms with Crippen LogP contribution < -0.4 is 16.0 Å². The Hall–Kier alpha value is -1.84. The summed E-state index contributed by atoms with van der Waals surface area (Å²) in [5.74, 6) is 7.08. The second-order valence-electron chi connectivity index (χ2n) is 4.93. The molecule has 0 heterocycles. The molecule has 3 rings (SSSR count). The van der Waals surface area contributed by atoms with E-state index in [1.165, 1.54) is 16.7 Å². The van der Waals surface area contributed by atoms with Crippen molar-refractivity contribution in [3.63, 3.8) is 0 Å². The Labute approximate surface area is 113 Å². The first-order chi connectivity index (χ1) is 9.33. The molecule has 3 heteroatoms. The SMILES string of the molecule is COc1cccc(C(NN)C2Cc3ccccc32)c1. The van der Waals surface area contributed by atoms with Crippen molar-refractivity contribution in [3.05, 3.63) is 65.2 Å². The Morgan fingerprint density at radius 2 is 2.05 bits per heavy atom. The summed E-state index contributed by atoms with van der Waals surface area (Å²) in [4.78, 5) is 0. The van der Waals surface area contributed by atoms with E-state index in [2.05, 4.69) is 35.8 Å². The zero-order valence-electron chi connectivity index (χ0n) is 11.0. The Morgan fingerprint density at radius 1 is 1.21 bits per heavy atom. The van der Waals surface area contributed by atoms with Crippen molar-refractivity contribution in [3.8, 4) is 5.75 Å². The van der Waals surface area contributed by atoms with Crippen LogP contribution in [0.25, 0.3) is 0 Å². The lowest BCUT2D eigenvalue weighted by molar-refractivity contribution is 0.402. The van der Waals surface area contributed by atoms with Gasteiger partial charge in [-0.25, -0.2) is 0 Å². The van der Waals surface area contributed by atoms with Crippen molar-refractivity contribution < 1.29 is 4.74 Å². The van der Waals surface area contributed by atoms with Gasteiger partial charge in [-0.2, -0.15) is 0 Å². The minimum absolute atomic E-state index is 0.130. The summed E-state index contributed by atoms with van der Waals surface area (Å²) in [6.45, 7) is 0. The number of ether oxygens (including phenoxy) is 1. The Kier molecular flexibility index (Phi) is 3.23. The first-order valence-corrected chi connectivity index (χ1v) is 6.51. The van der Waals surface area contributed by atoms with Crippen molar-refractivity contribution >= 4 is 0 Å². The molecule has 1 aliphatic carbocycles. The maximum Gasteiger partial charge on any atom is 0.119 e. The molecule has 19 heavy (non-hydrogen) atoms. The highest BCUT2D eigenvalue weighted by Crippen LogP contribution is 2.43. The Bertz CT molecular complexity index is 582. The zero-order valence-corrected chi connectivity index (χ0v) is 11.0. The maximum absolute atomic E-state index is 5.77. The molecule has 0 amide bonds. The molecule has 0 fully saturated rings. The van der Waals surface area contributed by atoms with Crippen molar-refractivity contribution in [1.29, 1.82) is 0 Å². The maximum atomic E-state index is 5.77. The molecular formula is C16H18N2O. The molecule has 0 bridgehead atoms. The molecule has 0 spiro atoms. The third-order valence-electron chi connectivity index (χ3n) is 3.93. The lowest BCUT2D eigenvalue weighted by Crippen LogP contribution is -2.37. The predicted molar refractivity (Wildman–Crippen MR) is 75.9 cm³/mol. The van der Waals surface area contributed by atoms with Crippen LogP contribution in [-0.4, -0.2) is 7.11 Å². The summed E-state index contributed by atoms with van der Waals surface area (Å²) in [6, 6.07) is 16.8. The number of nitrogens with one attached hydrogen (secondary N) is 1. The molecule has 0 aromatic heterocycles. The van der Waals surface area contributed by atoms with Crippen LogP contribution in [0.15, 0.2) is 48.5 Å². The molecule has 0 saturated carbocycles. The fourth-order valence-corrected chi connectivity index (χ4v) is 2.87. The van der Waals surface area contributed by atoms with Gasteiger partial charge in [0.1, 0.15) is 5.75 Å². The minimum Gasteiger partial charge on any atom is -0.497 e. The van der Waals surface area contributed by atoms with Crippen LogP contribution in [0, 0.1) is 0 Å². The predicted octanol–water partition coefficient (Wildman–Crippen LogP) is 2.54. The number of nitrogens with two attached hydrogens (primary N) is 1. The van der Waals surface area contributed by atoms with E-state index < -0.39 is 0 Å². The number of hydrogen-bond donors (Lipinski definition) is 2. The number of hydrogen-bond acceptors (Lipinski definition) is 3. The second-order valence-corrected chi connectivity index (χ2v) is 4.93. The van der Waals surface area contributed by atoms with E-state index in [1.54, 1.807) is 7.11 Å². The summed E-state index contributed by atoms with van der Waals surface area (Å²) in [5, 5.41) is 0. The van der Waals surface area contributed by atoms with E-state index in [-0.39, 0.29) is 6.04 Å². The van der Waals surface area contributed by atoms with Gasteiger partial charge in [-0.3, -0.25) is 11.3 Å². The van der Waals surface area contributed by atoms with Gasteiger partial charge in [0.25, 0.3) is 0 Å². The van der Waals surface area contributed by atoms with Crippen LogP contribution in [0.1, 0.15) is 28.7 Å². The molecule has 98 valence electrons. The number of hydrazine groups is 1. The van der Waals surface area contributed by atoms with Crippen molar-refractivity contribution in [2.45, 2.75) is 18.4 Å². The normalized spacial score (nSPS) is 18.3. The van der Waals surface area contributed by atoms with Gasteiger partial charge in [0, 0.05) is 5.92 Å². The molecule has 2 aromatic carbocycles. The monoisotopic (exact) mass is 254 g/mol. The van der Waals surface area contributed by atoms with Gasteiger partial charge in [-0.05, 0) is 35.2 Å². The summed E-state index contributed by atoms with van der Waals surface area (Å²) < 4.78 is 5.28. The number of fused-ring (bicyclic) bond motifs is 1. The molecule has 2 atom stereocenters. The van der Waals surface area contributed by atoms with Crippen LogP contribution >= 0.6 is 0 Å². The van der Waals surface area contributed by atoms with Gasteiger partial charge < -0.3 is 4.74 Å². The van der Waals surface area contributed by atoms with Crippen molar-refractivity contribution in [2.75, 3.05) is 7.11 Å². The molecule has 2 unspecified atom stereocenters. The average Bonchev–Trinajstić information content (AvgIpc) is 2.45. The Morgan fingerprint density at radius 3 is 2.79 bits per heavy atom. The van der Waals surface area contributed by atoms with Gasteiger partial charge in [-0.15, -0.1) is 0 Å². The topological polar surface area (TPSA) is 47.3 Å². The van der Waals surface area contributed by atoms with E-state index >= 15 is 0 Å². The highest BCUT2D eigenvalue weighted by atomic mass is 16.5. The van der Waals surface area contributed by atoms with E-state index in [0.29, 0.717) is 5.92 Å². The minimum atomic E-state index is 0.130. The summed E-state index contributed by atoms with van der Waals surface area (Å²) in [5.41, 5.74) is 6.95. The highest BCUT2D eigenvalue weighted by Gasteiger charge is 2.33. The molecule has 0 aliphatic heterocycles. The molecular weight excluding hydrogens is 236 g/mol. The van der Waals surface area contributed by atoms with Gasteiger partial charge in [0.2, 0.25) is 0 Å². The number of methoxy groups -OCH3 is 1. The second kappa shape index (κ2) is 5.03. The van der Waals surface area contributed by atoms with Crippen LogP contribution in [0.3, 0.4) is 0 Å². The van der Waals surface area contributed by atoms with E-state index in [0.717, 1.165) is 12.2 Å². The van der Waals surface area contributed by atoms with Crippen LogP contribution in [0.4, 0.5) is 0 Å². The lowest BCUT2D eigenvalue weighted by atomic mass is 9.72. The van der Waals surface area contributed by atoms with Crippen molar-refractivity contribution in [1.82, 2.24) is 5.43 Å². The number of benzene rings is 2. The van der Waals surface area contributed by atoms with Crippen LogP contribution in [-0.2, 0) is 6.42 Å². The Balaban J connectivity index is 1.90. The molecule has 3 N–H and O–H groups in total. The van der Waals surface area contributed by atoms with Gasteiger partial charge in [-0.1, -0.05) is 36.4 Å². The van der Waals surface area contributed by atoms with Gasteiger partial charge in [0.15, 0.2) is 0 Å². The standard InChI is InChI=1S/C16H18N2O/c1-19-13-7-4-6-12(9-13)16(18-17)15-10-11-5-2-3-8-14(11)15/h2-9,15-16,18H,10,17H2,1H3. The first kappa shape index (κ1) is 12.2. The quantitative estimate of drug-likeness (QED) is 0.651. The third-order valence-corrected chi connectivity index (χ3v) is 3.93. The molecule has 0 saturated heterocycles. The zero-order chi connectivity index (χ0) is 13.2. The smallest absolute Gasteiger partial charge is 0.119 e. The highest BCUT2D eigenvalue weighted by molar-refractivity contribution is 5.44. The van der Waals surface area contributed by atoms with E-state index in [1.807, 2.05) is 18.2 Å². The van der Waals surface area contributed by atoms with Gasteiger partial charge >= 0.3 is 0 Å². The molecule has 0 radical (unpaired) electrons. The van der Waals surface area contributed by atoms with E-state index in [9.17, 15) is 0 Å². The largest absolute Gasteiger partial charge is 0.497 e. The fraction of sp³-hybridized carbons (Fsp3) is 0.250. The van der Waals surface area contributed by atoms with E-state index in [4.69, 9.17) is 10.6 Å². The van der Waals surface area contributed by atoms with Crippen molar-refractivity contribution in [2.24, 2.45) is 5.84 Å². The lowest BCUT2D eigenvalue weighted by Gasteiger charge is -2.36. The number of rotatable bonds is 4. The third kappa shape index (κ3) is 2.11. The summed E-state index contributed by atoms with van der Waals surface area (Å²) >= 11 is 0.